The molecule has 5 nitrogen and oxygen atoms in total. The number of nitriles is 1. The van der Waals surface area contributed by atoms with Crippen LogP contribution in [0.2, 0.25) is 0 Å². The van der Waals surface area contributed by atoms with Gasteiger partial charge in [0.1, 0.15) is 11.8 Å². The highest BCUT2D eigenvalue weighted by atomic mass is 16.1. The number of pyridine rings is 1. The molecule has 2 aromatic heterocycles. The largest absolute Gasteiger partial charge is 0.365 e. The molecule has 0 radical (unpaired) electrons. The summed E-state index contributed by atoms with van der Waals surface area (Å²) in [5.41, 5.74) is 1.77. The van der Waals surface area contributed by atoms with E-state index in [9.17, 15) is 4.79 Å². The van der Waals surface area contributed by atoms with Crippen LogP contribution in [0.5, 0.6) is 0 Å². The molecule has 5 heteroatoms. The van der Waals surface area contributed by atoms with Crippen LogP contribution in [-0.4, -0.2) is 22.4 Å². The molecule has 0 fully saturated rings. The molecule has 0 atom stereocenters. The van der Waals surface area contributed by atoms with Crippen molar-refractivity contribution in [2.45, 2.75) is 6.42 Å². The Bertz CT molecular complexity index is 569. The molecule has 0 aliphatic rings. The van der Waals surface area contributed by atoms with E-state index in [0.29, 0.717) is 12.1 Å². The van der Waals surface area contributed by atoms with Gasteiger partial charge >= 0.3 is 0 Å². The van der Waals surface area contributed by atoms with Crippen LogP contribution >= 0.6 is 0 Å². The third-order valence-corrected chi connectivity index (χ3v) is 2.48. The van der Waals surface area contributed by atoms with Crippen molar-refractivity contribution in [3.63, 3.8) is 0 Å². The van der Waals surface area contributed by atoms with Crippen molar-refractivity contribution in [3.8, 4) is 6.07 Å². The minimum atomic E-state index is -0.194. The Morgan fingerprint density at radius 2 is 2.39 bits per heavy atom. The number of hydrogen-bond acceptors (Lipinski definition) is 3. The topological polar surface area (TPSA) is 81.6 Å². The number of amides is 1. The van der Waals surface area contributed by atoms with Crippen LogP contribution in [0.25, 0.3) is 0 Å². The average Bonchev–Trinajstić information content (AvgIpc) is 2.92. The highest BCUT2D eigenvalue weighted by molar-refractivity contribution is 5.94. The van der Waals surface area contributed by atoms with E-state index in [4.69, 9.17) is 5.26 Å². The van der Waals surface area contributed by atoms with Crippen LogP contribution < -0.4 is 5.32 Å². The lowest BCUT2D eigenvalue weighted by molar-refractivity contribution is 0.0954. The predicted molar refractivity (Wildman–Crippen MR) is 65.8 cm³/mol. The molecule has 0 saturated heterocycles. The number of hydrogen-bond donors (Lipinski definition) is 2. The molecule has 0 bridgehead atoms. The fraction of sp³-hybridized carbons (Fsp3) is 0.154. The summed E-state index contributed by atoms with van der Waals surface area (Å²) < 4.78 is 0. The maximum Gasteiger partial charge on any atom is 0.251 e. The SMILES string of the molecule is N#Cc1cc(C(=O)NCCc2ccc[nH]2)ccn1. The lowest BCUT2D eigenvalue weighted by atomic mass is 10.2. The van der Waals surface area contributed by atoms with Crippen LogP contribution in [0.1, 0.15) is 21.7 Å². The number of nitrogens with zero attached hydrogens (tertiary/aromatic N) is 2. The molecule has 1 amide bonds. The number of H-pyrrole nitrogens is 1. The zero-order chi connectivity index (χ0) is 12.8. The van der Waals surface area contributed by atoms with Crippen LogP contribution in [0.4, 0.5) is 0 Å². The highest BCUT2D eigenvalue weighted by Gasteiger charge is 2.06. The second-order valence-corrected chi connectivity index (χ2v) is 3.74. The minimum Gasteiger partial charge on any atom is -0.365 e. The third-order valence-electron chi connectivity index (χ3n) is 2.48. The smallest absolute Gasteiger partial charge is 0.251 e. The molecular formula is C13H12N4O. The molecule has 18 heavy (non-hydrogen) atoms. The lowest BCUT2D eigenvalue weighted by Gasteiger charge is -2.04. The summed E-state index contributed by atoms with van der Waals surface area (Å²) in [6.45, 7) is 0.545. The molecule has 0 aliphatic carbocycles. The van der Waals surface area contributed by atoms with Crippen molar-refractivity contribution >= 4 is 5.91 Å². The second-order valence-electron chi connectivity index (χ2n) is 3.74. The van der Waals surface area contributed by atoms with E-state index in [-0.39, 0.29) is 11.6 Å². The van der Waals surface area contributed by atoms with Crippen molar-refractivity contribution in [1.82, 2.24) is 15.3 Å². The van der Waals surface area contributed by atoms with Crippen LogP contribution in [-0.2, 0) is 6.42 Å². The average molecular weight is 240 g/mol. The van der Waals surface area contributed by atoms with E-state index >= 15 is 0 Å². The molecule has 2 N–H and O–H groups in total. The van der Waals surface area contributed by atoms with E-state index < -0.39 is 0 Å². The van der Waals surface area contributed by atoms with Gasteiger partial charge in [0.15, 0.2) is 0 Å². The van der Waals surface area contributed by atoms with E-state index in [0.717, 1.165) is 12.1 Å². The van der Waals surface area contributed by atoms with Gasteiger partial charge in [0.2, 0.25) is 0 Å². The van der Waals surface area contributed by atoms with Crippen LogP contribution in [0, 0.1) is 11.3 Å². The molecule has 2 rings (SSSR count). The van der Waals surface area contributed by atoms with Gasteiger partial charge in [-0.15, -0.1) is 0 Å². The fourth-order valence-electron chi connectivity index (χ4n) is 1.57. The van der Waals surface area contributed by atoms with Gasteiger partial charge in [-0.2, -0.15) is 5.26 Å². The lowest BCUT2D eigenvalue weighted by Crippen LogP contribution is -2.25. The first-order valence-electron chi connectivity index (χ1n) is 5.56. The molecular weight excluding hydrogens is 228 g/mol. The predicted octanol–water partition coefficient (Wildman–Crippen LogP) is 1.25. The Hall–Kier alpha value is -2.61. The van der Waals surface area contributed by atoms with E-state index in [1.54, 1.807) is 6.07 Å². The van der Waals surface area contributed by atoms with Gasteiger partial charge in [0.05, 0.1) is 0 Å². The first-order valence-corrected chi connectivity index (χ1v) is 5.56. The highest BCUT2D eigenvalue weighted by Crippen LogP contribution is 2.01. The quantitative estimate of drug-likeness (QED) is 0.843. The summed E-state index contributed by atoms with van der Waals surface area (Å²) in [7, 11) is 0. The number of carbonyl (C=O) groups is 1. The van der Waals surface area contributed by atoms with E-state index in [1.807, 2.05) is 24.4 Å². The molecule has 0 saturated carbocycles. The first-order chi connectivity index (χ1) is 8.79. The van der Waals surface area contributed by atoms with Crippen LogP contribution in [0.15, 0.2) is 36.7 Å². The molecule has 0 aromatic carbocycles. The van der Waals surface area contributed by atoms with Gasteiger partial charge in [-0.1, -0.05) is 0 Å². The van der Waals surface area contributed by atoms with Gasteiger partial charge < -0.3 is 10.3 Å². The standard InChI is InChI=1S/C13H12N4O/c14-9-12-8-10(3-6-16-12)13(18)17-7-4-11-2-1-5-15-11/h1-3,5-6,8,15H,4,7H2,(H,17,18). The van der Waals surface area contributed by atoms with Crippen molar-refractivity contribution in [1.29, 1.82) is 5.26 Å². The molecule has 0 unspecified atom stereocenters. The number of carbonyl (C=O) groups excluding carboxylic acids is 1. The summed E-state index contributed by atoms with van der Waals surface area (Å²) >= 11 is 0. The maximum atomic E-state index is 11.8. The Morgan fingerprint density at radius 3 is 3.11 bits per heavy atom. The molecule has 2 heterocycles. The third kappa shape index (κ3) is 2.95. The van der Waals surface area contributed by atoms with Gasteiger partial charge in [-0.3, -0.25) is 4.79 Å². The number of aromatic amines is 1. The maximum absolute atomic E-state index is 11.8. The van der Waals surface area contributed by atoms with Crippen molar-refractivity contribution in [2.75, 3.05) is 6.54 Å². The second kappa shape index (κ2) is 5.64. The molecule has 0 aliphatic heterocycles. The summed E-state index contributed by atoms with van der Waals surface area (Å²) in [6, 6.07) is 8.85. The zero-order valence-electron chi connectivity index (χ0n) is 9.68. The summed E-state index contributed by atoms with van der Waals surface area (Å²) in [4.78, 5) is 18.7. The first kappa shape index (κ1) is 11.9. The van der Waals surface area contributed by atoms with E-state index in [1.165, 1.54) is 12.3 Å². The summed E-state index contributed by atoms with van der Waals surface area (Å²) in [5.74, 6) is -0.194. The Morgan fingerprint density at radius 1 is 1.50 bits per heavy atom. The van der Waals surface area contributed by atoms with Crippen molar-refractivity contribution < 1.29 is 4.79 Å². The Kier molecular flexibility index (Phi) is 3.72. The molecule has 90 valence electrons. The number of rotatable bonds is 4. The summed E-state index contributed by atoms with van der Waals surface area (Å²) in [5, 5.41) is 11.5. The fourth-order valence-corrected chi connectivity index (χ4v) is 1.57. The van der Waals surface area contributed by atoms with Gasteiger partial charge in [-0.25, -0.2) is 4.98 Å². The van der Waals surface area contributed by atoms with Crippen molar-refractivity contribution in [3.05, 3.63) is 53.6 Å². The molecule has 0 spiro atoms. The monoisotopic (exact) mass is 240 g/mol. The number of nitrogens with one attached hydrogen (secondary N) is 2. The van der Waals surface area contributed by atoms with Crippen molar-refractivity contribution in [2.24, 2.45) is 0 Å². The van der Waals surface area contributed by atoms with E-state index in [2.05, 4.69) is 15.3 Å². The summed E-state index contributed by atoms with van der Waals surface area (Å²) in [6.07, 6.45) is 4.05. The molecule has 2 aromatic rings. The minimum absolute atomic E-state index is 0.194. The zero-order valence-corrected chi connectivity index (χ0v) is 9.68. The van der Waals surface area contributed by atoms with Gasteiger partial charge in [0.25, 0.3) is 5.91 Å². The number of aromatic nitrogens is 2. The normalized spacial score (nSPS) is 9.72. The van der Waals surface area contributed by atoms with Gasteiger partial charge in [0, 0.05) is 36.6 Å². The van der Waals surface area contributed by atoms with Crippen LogP contribution in [0.3, 0.4) is 0 Å². The Balaban J connectivity index is 1.89. The van der Waals surface area contributed by atoms with Gasteiger partial charge in [-0.05, 0) is 24.3 Å². The Labute approximate surface area is 104 Å².